The summed E-state index contributed by atoms with van der Waals surface area (Å²) in [6.45, 7) is 6.17. The number of hydrogen-bond donors (Lipinski definition) is 2. The van der Waals surface area contributed by atoms with Crippen molar-refractivity contribution in [3.63, 3.8) is 0 Å². The lowest BCUT2D eigenvalue weighted by Crippen LogP contribution is -2.37. The fourth-order valence-electron chi connectivity index (χ4n) is 2.75. The fraction of sp³-hybridized carbons (Fsp3) is 0.786. The van der Waals surface area contributed by atoms with Crippen molar-refractivity contribution in [2.75, 3.05) is 17.4 Å². The molecule has 7 heteroatoms. The lowest BCUT2D eigenvalue weighted by molar-refractivity contribution is 0.221. The van der Waals surface area contributed by atoms with Crippen molar-refractivity contribution in [2.45, 2.75) is 58.6 Å². The maximum absolute atomic E-state index is 5.57. The molecule has 0 aliphatic heterocycles. The molecule has 0 aromatic carbocycles. The summed E-state index contributed by atoms with van der Waals surface area (Å²) >= 11 is 0. The van der Waals surface area contributed by atoms with E-state index in [0.29, 0.717) is 23.9 Å². The molecular weight excluding hydrogens is 268 g/mol. The van der Waals surface area contributed by atoms with Crippen molar-refractivity contribution in [2.24, 2.45) is 11.8 Å². The van der Waals surface area contributed by atoms with E-state index in [2.05, 4.69) is 32.2 Å². The highest BCUT2D eigenvalue weighted by Crippen LogP contribution is 2.29. The average Bonchev–Trinajstić information content (AvgIpc) is 2.45. The Morgan fingerprint density at radius 1 is 1.29 bits per heavy atom. The van der Waals surface area contributed by atoms with E-state index in [0.717, 1.165) is 18.8 Å². The van der Waals surface area contributed by atoms with Crippen LogP contribution in [0.4, 0.5) is 11.9 Å². The molecular formula is C14H26N6O. The minimum atomic E-state index is 0.00545. The summed E-state index contributed by atoms with van der Waals surface area (Å²) in [5, 5.41) is 0. The SMILES string of the molecule is CC1CCCC(N(C)c2nc(NN)nc(OC(C)C)n2)C1. The van der Waals surface area contributed by atoms with E-state index in [1.54, 1.807) is 0 Å². The van der Waals surface area contributed by atoms with Crippen LogP contribution in [-0.4, -0.2) is 34.1 Å². The van der Waals surface area contributed by atoms with Gasteiger partial charge in [-0.1, -0.05) is 19.8 Å². The number of ether oxygens (including phenoxy) is 1. The molecule has 1 aliphatic rings. The molecule has 1 aromatic heterocycles. The van der Waals surface area contributed by atoms with Crippen LogP contribution in [0, 0.1) is 5.92 Å². The Labute approximate surface area is 126 Å². The first-order valence-electron chi connectivity index (χ1n) is 7.61. The fourth-order valence-corrected chi connectivity index (χ4v) is 2.75. The average molecular weight is 294 g/mol. The standard InChI is InChI=1S/C14H26N6O/c1-9(2)21-14-17-12(19-15)16-13(18-14)20(4)11-7-5-6-10(3)8-11/h9-11H,5-8,15H2,1-4H3,(H,16,17,18,19). The van der Waals surface area contributed by atoms with Gasteiger partial charge in [0.1, 0.15) is 0 Å². The predicted octanol–water partition coefficient (Wildman–Crippen LogP) is 1.96. The van der Waals surface area contributed by atoms with E-state index in [4.69, 9.17) is 10.6 Å². The van der Waals surface area contributed by atoms with Gasteiger partial charge < -0.3 is 9.64 Å². The zero-order valence-corrected chi connectivity index (χ0v) is 13.3. The third kappa shape index (κ3) is 4.17. The summed E-state index contributed by atoms with van der Waals surface area (Å²) in [4.78, 5) is 15.0. The summed E-state index contributed by atoms with van der Waals surface area (Å²) in [5.41, 5.74) is 2.48. The van der Waals surface area contributed by atoms with Gasteiger partial charge in [-0.05, 0) is 32.6 Å². The van der Waals surface area contributed by atoms with Crippen LogP contribution in [-0.2, 0) is 0 Å². The summed E-state index contributed by atoms with van der Waals surface area (Å²) < 4.78 is 5.57. The maximum Gasteiger partial charge on any atom is 0.323 e. The second-order valence-corrected chi connectivity index (χ2v) is 6.09. The van der Waals surface area contributed by atoms with E-state index in [1.807, 2.05) is 20.9 Å². The van der Waals surface area contributed by atoms with Crippen LogP contribution in [0.15, 0.2) is 0 Å². The Hall–Kier alpha value is -1.63. The molecule has 2 rings (SSSR count). The molecule has 1 heterocycles. The molecule has 2 unspecified atom stereocenters. The number of rotatable bonds is 5. The highest BCUT2D eigenvalue weighted by Gasteiger charge is 2.25. The number of nitrogen functional groups attached to an aromatic ring is 1. The molecule has 2 atom stereocenters. The van der Waals surface area contributed by atoms with Crippen LogP contribution >= 0.6 is 0 Å². The van der Waals surface area contributed by atoms with Gasteiger partial charge in [0, 0.05) is 13.1 Å². The second kappa shape index (κ2) is 6.89. The molecule has 1 aliphatic carbocycles. The number of nitrogens with one attached hydrogen (secondary N) is 1. The second-order valence-electron chi connectivity index (χ2n) is 6.09. The highest BCUT2D eigenvalue weighted by molar-refractivity contribution is 5.38. The third-order valence-corrected chi connectivity index (χ3v) is 3.85. The van der Waals surface area contributed by atoms with Gasteiger partial charge >= 0.3 is 6.01 Å². The molecule has 0 radical (unpaired) electrons. The molecule has 3 N–H and O–H groups in total. The summed E-state index contributed by atoms with van der Waals surface area (Å²) in [6, 6.07) is 0.757. The number of nitrogens with two attached hydrogens (primary N) is 1. The van der Waals surface area contributed by atoms with Crippen LogP contribution in [0.3, 0.4) is 0 Å². The van der Waals surface area contributed by atoms with Crippen molar-refractivity contribution in [1.29, 1.82) is 0 Å². The molecule has 1 fully saturated rings. The number of hydrogen-bond acceptors (Lipinski definition) is 7. The monoisotopic (exact) mass is 294 g/mol. The molecule has 21 heavy (non-hydrogen) atoms. The first-order chi connectivity index (χ1) is 9.99. The number of aromatic nitrogens is 3. The molecule has 0 spiro atoms. The number of nitrogens with zero attached hydrogens (tertiary/aromatic N) is 4. The number of anilines is 2. The molecule has 1 saturated carbocycles. The molecule has 7 nitrogen and oxygen atoms in total. The van der Waals surface area contributed by atoms with Crippen molar-refractivity contribution in [3.8, 4) is 6.01 Å². The van der Waals surface area contributed by atoms with Crippen LogP contribution < -0.4 is 20.9 Å². The minimum Gasteiger partial charge on any atom is -0.461 e. The summed E-state index contributed by atoms with van der Waals surface area (Å²) in [7, 11) is 2.03. The van der Waals surface area contributed by atoms with Gasteiger partial charge in [0.2, 0.25) is 11.9 Å². The summed E-state index contributed by atoms with van der Waals surface area (Å²) in [6.07, 6.45) is 4.88. The maximum atomic E-state index is 5.57. The Bertz CT molecular complexity index is 467. The van der Waals surface area contributed by atoms with Gasteiger partial charge in [-0.25, -0.2) is 5.84 Å². The van der Waals surface area contributed by atoms with Crippen LogP contribution in [0.2, 0.25) is 0 Å². The highest BCUT2D eigenvalue weighted by atomic mass is 16.5. The van der Waals surface area contributed by atoms with Gasteiger partial charge in [-0.2, -0.15) is 15.0 Å². The third-order valence-electron chi connectivity index (χ3n) is 3.85. The van der Waals surface area contributed by atoms with Crippen LogP contribution in [0.1, 0.15) is 46.5 Å². The Balaban J connectivity index is 2.20. The summed E-state index contributed by atoms with van der Waals surface area (Å²) in [5.74, 6) is 7.11. The van der Waals surface area contributed by atoms with Crippen LogP contribution in [0.25, 0.3) is 0 Å². The van der Waals surface area contributed by atoms with Gasteiger partial charge in [-0.3, -0.25) is 5.43 Å². The van der Waals surface area contributed by atoms with E-state index in [1.165, 1.54) is 12.8 Å². The Morgan fingerprint density at radius 3 is 2.67 bits per heavy atom. The van der Waals surface area contributed by atoms with Crippen molar-refractivity contribution < 1.29 is 4.74 Å². The molecule has 0 bridgehead atoms. The van der Waals surface area contributed by atoms with E-state index < -0.39 is 0 Å². The minimum absolute atomic E-state index is 0.00545. The first-order valence-corrected chi connectivity index (χ1v) is 7.61. The zero-order chi connectivity index (χ0) is 15.4. The largest absolute Gasteiger partial charge is 0.461 e. The van der Waals surface area contributed by atoms with Gasteiger partial charge in [-0.15, -0.1) is 0 Å². The molecule has 1 aromatic rings. The predicted molar refractivity (Wildman–Crippen MR) is 83.2 cm³/mol. The van der Waals surface area contributed by atoms with Crippen molar-refractivity contribution in [1.82, 2.24) is 15.0 Å². The number of hydrazine groups is 1. The zero-order valence-electron chi connectivity index (χ0n) is 13.3. The lowest BCUT2D eigenvalue weighted by atomic mass is 9.86. The Kier molecular flexibility index (Phi) is 5.17. The van der Waals surface area contributed by atoms with Crippen molar-refractivity contribution >= 4 is 11.9 Å². The van der Waals surface area contributed by atoms with Crippen LogP contribution in [0.5, 0.6) is 6.01 Å². The first kappa shape index (κ1) is 15.8. The van der Waals surface area contributed by atoms with Gasteiger partial charge in [0.25, 0.3) is 0 Å². The van der Waals surface area contributed by atoms with E-state index in [9.17, 15) is 0 Å². The molecule has 0 amide bonds. The smallest absolute Gasteiger partial charge is 0.323 e. The topological polar surface area (TPSA) is 89.2 Å². The normalized spacial score (nSPS) is 22.2. The Morgan fingerprint density at radius 2 is 2.05 bits per heavy atom. The van der Waals surface area contributed by atoms with E-state index in [-0.39, 0.29) is 6.10 Å². The molecule has 118 valence electrons. The molecule has 0 saturated heterocycles. The quantitative estimate of drug-likeness (QED) is 0.633. The lowest BCUT2D eigenvalue weighted by Gasteiger charge is -2.34. The van der Waals surface area contributed by atoms with Gasteiger partial charge in [0.05, 0.1) is 6.10 Å². The van der Waals surface area contributed by atoms with Gasteiger partial charge in [0.15, 0.2) is 0 Å². The van der Waals surface area contributed by atoms with E-state index >= 15 is 0 Å². The van der Waals surface area contributed by atoms with Crippen molar-refractivity contribution in [3.05, 3.63) is 0 Å².